The average Bonchev–Trinajstić information content (AvgIpc) is 3.68. The van der Waals surface area contributed by atoms with Crippen molar-refractivity contribution in [1.29, 1.82) is 0 Å². The van der Waals surface area contributed by atoms with Gasteiger partial charge in [-0.15, -0.1) is 0 Å². The van der Waals surface area contributed by atoms with Gasteiger partial charge in [0.25, 0.3) is 0 Å². The Morgan fingerprint density at radius 2 is 0.923 bits per heavy atom. The third-order valence-electron chi connectivity index (χ3n) is 11.6. The van der Waals surface area contributed by atoms with Crippen molar-refractivity contribution in [2.24, 2.45) is 0 Å². The van der Waals surface area contributed by atoms with Gasteiger partial charge in [0, 0.05) is 21.8 Å². The van der Waals surface area contributed by atoms with Crippen molar-refractivity contribution in [2.75, 3.05) is 0 Å². The molecule has 10 aromatic rings. The van der Waals surface area contributed by atoms with Gasteiger partial charge in [0.05, 0.1) is 0 Å². The molecule has 0 fully saturated rings. The monoisotopic (exact) mass is 662 g/mol. The number of benzene rings is 9. The van der Waals surface area contributed by atoms with Gasteiger partial charge in [-0.3, -0.25) is 0 Å². The number of para-hydroxylation sites is 1. The third-order valence-corrected chi connectivity index (χ3v) is 11.6. The van der Waals surface area contributed by atoms with Gasteiger partial charge in [-0.1, -0.05) is 159 Å². The lowest BCUT2D eigenvalue weighted by Crippen LogP contribution is -2.15. The van der Waals surface area contributed by atoms with Gasteiger partial charge >= 0.3 is 0 Å². The smallest absolute Gasteiger partial charge is 0.140 e. The third kappa shape index (κ3) is 4.11. The summed E-state index contributed by atoms with van der Waals surface area (Å²) >= 11 is 0. The normalized spacial score (nSPS) is 13.3. The second kappa shape index (κ2) is 10.8. The molecule has 0 amide bonds. The Kier molecular flexibility index (Phi) is 6.08. The lowest BCUT2D eigenvalue weighted by atomic mass is 9.81. The molecule has 1 nitrogen and oxygen atoms in total. The fourth-order valence-corrected chi connectivity index (χ4v) is 9.17. The maximum atomic E-state index is 6.54. The molecular weight excluding hydrogens is 629 g/mol. The van der Waals surface area contributed by atoms with Crippen molar-refractivity contribution < 1.29 is 4.42 Å². The van der Waals surface area contributed by atoms with Gasteiger partial charge in [-0.25, -0.2) is 0 Å². The van der Waals surface area contributed by atoms with Gasteiger partial charge < -0.3 is 4.42 Å². The molecule has 1 aromatic heterocycles. The van der Waals surface area contributed by atoms with Crippen molar-refractivity contribution in [3.05, 3.63) is 181 Å². The Balaban J connectivity index is 1.03. The summed E-state index contributed by atoms with van der Waals surface area (Å²) in [7, 11) is 0. The van der Waals surface area contributed by atoms with E-state index in [-0.39, 0.29) is 5.41 Å². The van der Waals surface area contributed by atoms with Crippen molar-refractivity contribution in [1.82, 2.24) is 0 Å². The van der Waals surface area contributed by atoms with E-state index in [4.69, 9.17) is 4.42 Å². The first-order chi connectivity index (χ1) is 25.5. The number of fused-ring (bicyclic) bond motifs is 10. The summed E-state index contributed by atoms with van der Waals surface area (Å²) in [5.74, 6) is 0. The van der Waals surface area contributed by atoms with Crippen molar-refractivity contribution in [3.63, 3.8) is 0 Å². The fourth-order valence-electron chi connectivity index (χ4n) is 9.17. The Labute approximate surface area is 302 Å². The van der Waals surface area contributed by atoms with Crippen molar-refractivity contribution in [2.45, 2.75) is 19.3 Å². The summed E-state index contributed by atoms with van der Waals surface area (Å²) in [4.78, 5) is 0. The molecule has 0 spiro atoms. The highest BCUT2D eigenvalue weighted by Crippen LogP contribution is 2.53. The second-order valence-corrected chi connectivity index (χ2v) is 14.8. The molecule has 0 atom stereocenters. The van der Waals surface area contributed by atoms with E-state index in [1.807, 2.05) is 0 Å². The molecule has 9 aromatic carbocycles. The van der Waals surface area contributed by atoms with Crippen LogP contribution in [-0.4, -0.2) is 0 Å². The summed E-state index contributed by atoms with van der Waals surface area (Å²) in [5.41, 5.74) is 14.5. The first-order valence-electron chi connectivity index (χ1n) is 18.2. The number of rotatable bonds is 3. The van der Waals surface area contributed by atoms with Crippen LogP contribution >= 0.6 is 0 Å². The molecule has 0 bridgehead atoms. The van der Waals surface area contributed by atoms with Crippen LogP contribution in [0.1, 0.15) is 25.0 Å². The minimum absolute atomic E-state index is 0.196. The average molecular weight is 663 g/mol. The minimum Gasteiger partial charge on any atom is -0.456 e. The largest absolute Gasteiger partial charge is 0.456 e. The molecule has 52 heavy (non-hydrogen) atoms. The predicted octanol–water partition coefficient (Wildman–Crippen LogP) is 14.4. The van der Waals surface area contributed by atoms with E-state index in [1.54, 1.807) is 0 Å². The van der Waals surface area contributed by atoms with E-state index < -0.39 is 0 Å². The molecule has 0 saturated carbocycles. The van der Waals surface area contributed by atoms with Crippen LogP contribution in [0, 0.1) is 0 Å². The Hall–Kier alpha value is -6.44. The highest BCUT2D eigenvalue weighted by Gasteiger charge is 2.38. The standard InChI is InChI=1S/C51H34O/c1-51(2)45-30-35(25-26-37(45)43-27-28-44-38-13-9-10-18-46(38)52-50(44)49(43)51)32-19-22-33(23-20-32)47-39-14-5-7-16-41(39)48(42-17-8-6-15-40(42)47)36-24-21-31-11-3-4-12-34(31)29-36/h3-30H,1-2H3. The Morgan fingerprint density at radius 3 is 1.63 bits per heavy atom. The van der Waals surface area contributed by atoms with Crippen LogP contribution in [0.5, 0.6) is 0 Å². The number of hydrogen-bond donors (Lipinski definition) is 0. The fraction of sp³-hybridized carbons (Fsp3) is 0.0588. The summed E-state index contributed by atoms with van der Waals surface area (Å²) < 4.78 is 6.54. The molecule has 0 radical (unpaired) electrons. The van der Waals surface area contributed by atoms with E-state index in [2.05, 4.69) is 184 Å². The number of furan rings is 1. The van der Waals surface area contributed by atoms with Crippen LogP contribution < -0.4 is 0 Å². The van der Waals surface area contributed by atoms with Crippen LogP contribution in [0.25, 0.3) is 98.8 Å². The van der Waals surface area contributed by atoms with Crippen LogP contribution in [0.3, 0.4) is 0 Å². The zero-order valence-electron chi connectivity index (χ0n) is 29.1. The van der Waals surface area contributed by atoms with Crippen LogP contribution in [0.15, 0.2) is 174 Å². The highest BCUT2D eigenvalue weighted by atomic mass is 16.3. The van der Waals surface area contributed by atoms with E-state index in [0.29, 0.717) is 0 Å². The first kappa shape index (κ1) is 29.3. The minimum atomic E-state index is -0.196. The quantitative estimate of drug-likeness (QED) is 0.172. The molecule has 1 heteroatoms. The summed E-state index contributed by atoms with van der Waals surface area (Å²) in [6.45, 7) is 4.68. The summed E-state index contributed by atoms with van der Waals surface area (Å²) in [6, 6.07) is 62.4. The molecule has 1 aliphatic carbocycles. The van der Waals surface area contributed by atoms with E-state index in [9.17, 15) is 0 Å². The molecular formula is C51H34O. The molecule has 0 unspecified atom stereocenters. The predicted molar refractivity (Wildman–Crippen MR) is 220 cm³/mol. The summed E-state index contributed by atoms with van der Waals surface area (Å²) in [6.07, 6.45) is 0. The highest BCUT2D eigenvalue weighted by molar-refractivity contribution is 6.21. The van der Waals surface area contributed by atoms with Gasteiger partial charge in [-0.2, -0.15) is 0 Å². The molecule has 1 aliphatic rings. The first-order valence-corrected chi connectivity index (χ1v) is 18.2. The van der Waals surface area contributed by atoms with Gasteiger partial charge in [0.2, 0.25) is 0 Å². The summed E-state index contributed by atoms with van der Waals surface area (Å²) in [5, 5.41) is 9.97. The zero-order chi connectivity index (χ0) is 34.6. The molecule has 0 N–H and O–H groups in total. The van der Waals surface area contributed by atoms with Crippen LogP contribution in [0.4, 0.5) is 0 Å². The Bertz CT molecular complexity index is 3030. The molecule has 11 rings (SSSR count). The van der Waals surface area contributed by atoms with E-state index in [1.165, 1.54) is 98.7 Å². The maximum absolute atomic E-state index is 6.54. The molecule has 0 saturated heterocycles. The molecule has 244 valence electrons. The van der Waals surface area contributed by atoms with Crippen LogP contribution in [0.2, 0.25) is 0 Å². The van der Waals surface area contributed by atoms with Crippen molar-refractivity contribution >= 4 is 54.3 Å². The van der Waals surface area contributed by atoms with Crippen molar-refractivity contribution in [3.8, 4) is 44.5 Å². The van der Waals surface area contributed by atoms with Gasteiger partial charge in [-0.05, 0) is 107 Å². The van der Waals surface area contributed by atoms with Gasteiger partial charge in [0.1, 0.15) is 11.2 Å². The second-order valence-electron chi connectivity index (χ2n) is 14.8. The maximum Gasteiger partial charge on any atom is 0.140 e. The molecule has 1 heterocycles. The van der Waals surface area contributed by atoms with E-state index >= 15 is 0 Å². The zero-order valence-corrected chi connectivity index (χ0v) is 29.1. The lowest BCUT2D eigenvalue weighted by Gasteiger charge is -2.22. The lowest BCUT2D eigenvalue weighted by molar-refractivity contribution is 0.620. The Morgan fingerprint density at radius 1 is 0.385 bits per heavy atom. The SMILES string of the molecule is CC1(C)c2cc(-c3ccc(-c4c5ccccc5c(-c5ccc6ccccc6c5)c5ccccc45)cc3)ccc2-c2ccc3c(oc4ccccc43)c21. The number of hydrogen-bond acceptors (Lipinski definition) is 1. The van der Waals surface area contributed by atoms with Gasteiger partial charge in [0.15, 0.2) is 0 Å². The topological polar surface area (TPSA) is 13.1 Å². The van der Waals surface area contributed by atoms with Crippen LogP contribution in [-0.2, 0) is 5.41 Å². The van der Waals surface area contributed by atoms with E-state index in [0.717, 1.165) is 11.2 Å². The molecule has 0 aliphatic heterocycles.